The van der Waals surface area contributed by atoms with Crippen LogP contribution in [0.4, 0.5) is 9.80 Å². The molecule has 10 nitrogen and oxygen atoms in total. The first-order valence-electron chi connectivity index (χ1n) is 14.6. The van der Waals surface area contributed by atoms with E-state index in [1.54, 1.807) is 6.92 Å². The Bertz CT molecular complexity index is 1560. The number of alkyl carbamates (subject to hydrolysis) is 1. The van der Waals surface area contributed by atoms with Crippen LogP contribution >= 0.6 is 11.3 Å². The number of amides is 3. The van der Waals surface area contributed by atoms with Crippen LogP contribution < -0.4 is 10.6 Å². The second-order valence-electron chi connectivity index (χ2n) is 10.6. The summed E-state index contributed by atoms with van der Waals surface area (Å²) in [7, 11) is -3.65. The van der Waals surface area contributed by atoms with Crippen LogP contribution in [0.5, 0.6) is 0 Å². The molecule has 12 heteroatoms. The molecule has 2 aliphatic rings. The Morgan fingerprint density at radius 3 is 2.28 bits per heavy atom. The highest BCUT2D eigenvalue weighted by atomic mass is 32.2. The van der Waals surface area contributed by atoms with Gasteiger partial charge in [0, 0.05) is 43.2 Å². The molecule has 2 aromatic carbocycles. The zero-order chi connectivity index (χ0) is 30.4. The number of fused-ring (bicyclic) bond motifs is 1. The fourth-order valence-electron chi connectivity index (χ4n) is 5.47. The van der Waals surface area contributed by atoms with Gasteiger partial charge in [-0.2, -0.15) is 4.31 Å². The van der Waals surface area contributed by atoms with E-state index in [4.69, 9.17) is 4.74 Å². The van der Waals surface area contributed by atoms with Gasteiger partial charge in [0.15, 0.2) is 0 Å². The Balaban J connectivity index is 1.36. The van der Waals surface area contributed by atoms with Crippen molar-refractivity contribution in [2.45, 2.75) is 57.0 Å². The fourth-order valence-corrected chi connectivity index (χ4v) is 8.27. The third kappa shape index (κ3) is 7.32. The van der Waals surface area contributed by atoms with E-state index in [-0.39, 0.29) is 22.6 Å². The monoisotopic (exact) mass is 624 g/mol. The van der Waals surface area contributed by atoms with Crippen molar-refractivity contribution < 1.29 is 27.5 Å². The zero-order valence-corrected chi connectivity index (χ0v) is 25.8. The minimum Gasteiger partial charge on any atom is -0.450 e. The number of imide groups is 1. The highest BCUT2D eigenvalue weighted by molar-refractivity contribution is 7.89. The summed E-state index contributed by atoms with van der Waals surface area (Å²) in [5, 5.41) is 5.45. The number of anilines is 1. The van der Waals surface area contributed by atoms with Crippen LogP contribution in [0.1, 0.15) is 69.3 Å². The number of sulfonamides is 1. The number of nitrogens with one attached hydrogen (secondary N) is 2. The summed E-state index contributed by atoms with van der Waals surface area (Å²) in [5.74, 6) is -1.12. The van der Waals surface area contributed by atoms with Crippen molar-refractivity contribution in [2.24, 2.45) is 0 Å². The molecule has 0 spiro atoms. The third-order valence-electron chi connectivity index (χ3n) is 7.65. The molecule has 228 valence electrons. The molecule has 1 saturated heterocycles. The molecule has 0 atom stereocenters. The van der Waals surface area contributed by atoms with Gasteiger partial charge in [-0.05, 0) is 61.6 Å². The maximum absolute atomic E-state index is 13.3. The van der Waals surface area contributed by atoms with Crippen molar-refractivity contribution in [3.05, 3.63) is 81.7 Å². The van der Waals surface area contributed by atoms with Crippen molar-refractivity contribution in [2.75, 3.05) is 31.6 Å². The maximum Gasteiger partial charge on any atom is 0.414 e. The summed E-state index contributed by atoms with van der Waals surface area (Å²) >= 11 is 1.31. The van der Waals surface area contributed by atoms with E-state index in [1.807, 2.05) is 18.2 Å². The number of hydrogen-bond donors (Lipinski definition) is 2. The standard InChI is InChI=1S/C31H36N4O6S2/c1-2-41-31(38)33-29(37)27-25-16-19-34(20-22-10-6-5-7-11-22)21-26(25)42-30(27)32-28(36)23-12-14-24(15-13-23)43(39,40)35-17-8-3-4-9-18-35/h5-7,10-15H,2-4,8-9,16-21H2,1H3,(H,32,36)(H,33,37,38). The summed E-state index contributed by atoms with van der Waals surface area (Å²) < 4.78 is 32.7. The third-order valence-corrected chi connectivity index (χ3v) is 10.7. The van der Waals surface area contributed by atoms with Crippen LogP contribution in [0.2, 0.25) is 0 Å². The molecule has 0 unspecified atom stereocenters. The molecule has 3 amide bonds. The predicted octanol–water partition coefficient (Wildman–Crippen LogP) is 5.01. The van der Waals surface area contributed by atoms with E-state index in [0.29, 0.717) is 37.6 Å². The highest BCUT2D eigenvalue weighted by Crippen LogP contribution is 2.38. The van der Waals surface area contributed by atoms with Crippen LogP contribution in [0.15, 0.2) is 59.5 Å². The zero-order valence-electron chi connectivity index (χ0n) is 24.1. The van der Waals surface area contributed by atoms with E-state index < -0.39 is 27.9 Å². The summed E-state index contributed by atoms with van der Waals surface area (Å²) in [6.45, 7) is 4.79. The van der Waals surface area contributed by atoms with E-state index >= 15 is 0 Å². The Morgan fingerprint density at radius 2 is 1.60 bits per heavy atom. The van der Waals surface area contributed by atoms with Gasteiger partial charge in [-0.25, -0.2) is 13.2 Å². The number of rotatable bonds is 8. The van der Waals surface area contributed by atoms with Gasteiger partial charge in [-0.3, -0.25) is 19.8 Å². The molecule has 3 aromatic rings. The molecular formula is C31H36N4O6S2. The normalized spacial score (nSPS) is 16.1. The number of ether oxygens (including phenoxy) is 1. The molecule has 1 aromatic heterocycles. The van der Waals surface area contributed by atoms with Gasteiger partial charge in [0.25, 0.3) is 11.8 Å². The average Bonchev–Trinajstić information content (AvgIpc) is 3.14. The van der Waals surface area contributed by atoms with Crippen molar-refractivity contribution in [3.8, 4) is 0 Å². The highest BCUT2D eigenvalue weighted by Gasteiger charge is 2.30. The molecule has 0 bridgehead atoms. The molecule has 5 rings (SSSR count). The van der Waals surface area contributed by atoms with Crippen LogP contribution in [0, 0.1) is 0 Å². The largest absolute Gasteiger partial charge is 0.450 e. The van der Waals surface area contributed by atoms with E-state index in [1.165, 1.54) is 45.5 Å². The van der Waals surface area contributed by atoms with Crippen molar-refractivity contribution >= 4 is 44.3 Å². The molecule has 0 aliphatic carbocycles. The average molecular weight is 625 g/mol. The van der Waals surface area contributed by atoms with Gasteiger partial charge in [0.1, 0.15) is 5.00 Å². The Morgan fingerprint density at radius 1 is 0.907 bits per heavy atom. The first kappa shape index (κ1) is 30.9. The van der Waals surface area contributed by atoms with Crippen LogP contribution in [-0.4, -0.2) is 61.8 Å². The number of nitrogens with zero attached hydrogens (tertiary/aromatic N) is 2. The van der Waals surface area contributed by atoms with Gasteiger partial charge >= 0.3 is 6.09 Å². The summed E-state index contributed by atoms with van der Waals surface area (Å²) in [4.78, 5) is 42.0. The molecule has 3 heterocycles. The van der Waals surface area contributed by atoms with Gasteiger partial charge in [-0.1, -0.05) is 43.2 Å². The first-order chi connectivity index (χ1) is 20.8. The number of benzene rings is 2. The molecule has 2 aliphatic heterocycles. The van der Waals surface area contributed by atoms with Crippen LogP contribution in [0.25, 0.3) is 0 Å². The van der Waals surface area contributed by atoms with Crippen molar-refractivity contribution in [1.29, 1.82) is 0 Å². The first-order valence-corrected chi connectivity index (χ1v) is 16.8. The van der Waals surface area contributed by atoms with Gasteiger partial charge < -0.3 is 10.1 Å². The Labute approximate surface area is 256 Å². The predicted molar refractivity (Wildman–Crippen MR) is 165 cm³/mol. The van der Waals surface area contributed by atoms with E-state index in [9.17, 15) is 22.8 Å². The van der Waals surface area contributed by atoms with Gasteiger partial charge in [-0.15, -0.1) is 11.3 Å². The lowest BCUT2D eigenvalue weighted by Gasteiger charge is -2.27. The lowest BCUT2D eigenvalue weighted by atomic mass is 10.0. The topological polar surface area (TPSA) is 125 Å². The molecule has 1 fully saturated rings. The van der Waals surface area contributed by atoms with Gasteiger partial charge in [0.05, 0.1) is 17.1 Å². The minimum atomic E-state index is -3.65. The van der Waals surface area contributed by atoms with E-state index in [0.717, 1.165) is 42.7 Å². The second-order valence-corrected chi connectivity index (χ2v) is 13.7. The van der Waals surface area contributed by atoms with Crippen molar-refractivity contribution in [1.82, 2.24) is 14.5 Å². The van der Waals surface area contributed by atoms with Crippen LogP contribution in [0.3, 0.4) is 0 Å². The number of carbonyl (C=O) groups excluding carboxylic acids is 3. The lowest BCUT2D eigenvalue weighted by Crippen LogP contribution is -2.34. The number of carbonyl (C=O) groups is 3. The Hall–Kier alpha value is -3.58. The maximum atomic E-state index is 13.3. The molecule has 0 radical (unpaired) electrons. The number of thiophene rings is 1. The molecule has 43 heavy (non-hydrogen) atoms. The Kier molecular flexibility index (Phi) is 9.91. The lowest BCUT2D eigenvalue weighted by molar-refractivity contribution is 0.0924. The minimum absolute atomic E-state index is 0.113. The summed E-state index contributed by atoms with van der Waals surface area (Å²) in [5.41, 5.74) is 2.48. The second kappa shape index (κ2) is 13.8. The fraction of sp³-hybridized carbons (Fsp3) is 0.387. The molecule has 2 N–H and O–H groups in total. The van der Waals surface area contributed by atoms with Crippen LogP contribution in [-0.2, 0) is 34.3 Å². The van der Waals surface area contributed by atoms with E-state index in [2.05, 4.69) is 27.7 Å². The quantitative estimate of drug-likeness (QED) is 0.361. The SMILES string of the molecule is CCOC(=O)NC(=O)c1c(NC(=O)c2ccc(S(=O)(=O)N3CCCCCC3)cc2)sc2c1CCN(Cc1ccccc1)C2. The molecule has 0 saturated carbocycles. The smallest absolute Gasteiger partial charge is 0.414 e. The summed E-state index contributed by atoms with van der Waals surface area (Å²) in [6, 6.07) is 16.0. The van der Waals surface area contributed by atoms with Gasteiger partial charge in [0.2, 0.25) is 10.0 Å². The summed E-state index contributed by atoms with van der Waals surface area (Å²) in [6.07, 6.45) is 3.42. The number of hydrogen-bond acceptors (Lipinski definition) is 8. The van der Waals surface area contributed by atoms with Crippen molar-refractivity contribution in [3.63, 3.8) is 0 Å². The molecular weight excluding hydrogens is 588 g/mol.